The van der Waals surface area contributed by atoms with E-state index in [-0.39, 0.29) is 0 Å². The summed E-state index contributed by atoms with van der Waals surface area (Å²) < 4.78 is 5.51. The second-order valence-corrected chi connectivity index (χ2v) is 6.52. The molecule has 2 atom stereocenters. The number of ether oxygens (including phenoxy) is 1. The fraction of sp³-hybridized carbons (Fsp3) is 1.00. The van der Waals surface area contributed by atoms with Crippen LogP contribution >= 0.6 is 0 Å². The summed E-state index contributed by atoms with van der Waals surface area (Å²) in [5.74, 6) is 0.713. The van der Waals surface area contributed by atoms with Crippen molar-refractivity contribution >= 4 is 0 Å². The van der Waals surface area contributed by atoms with Crippen molar-refractivity contribution < 1.29 is 4.74 Å². The van der Waals surface area contributed by atoms with Crippen LogP contribution in [0.3, 0.4) is 0 Å². The predicted octanol–water partition coefficient (Wildman–Crippen LogP) is 1.73. The maximum Gasteiger partial charge on any atom is 0.0510 e. The molecule has 3 heteroatoms. The van der Waals surface area contributed by atoms with Crippen molar-refractivity contribution in [2.24, 2.45) is 11.3 Å². The lowest BCUT2D eigenvalue weighted by Crippen LogP contribution is -2.49. The smallest absolute Gasteiger partial charge is 0.0510 e. The Morgan fingerprint density at radius 2 is 2.29 bits per heavy atom. The van der Waals surface area contributed by atoms with Gasteiger partial charge in [0, 0.05) is 31.7 Å². The van der Waals surface area contributed by atoms with Gasteiger partial charge in [-0.3, -0.25) is 0 Å². The van der Waals surface area contributed by atoms with Crippen molar-refractivity contribution in [2.75, 3.05) is 39.9 Å². The van der Waals surface area contributed by atoms with Gasteiger partial charge >= 0.3 is 0 Å². The quantitative estimate of drug-likeness (QED) is 0.810. The molecule has 0 saturated carbocycles. The molecular formula is C14H28N2O. The van der Waals surface area contributed by atoms with E-state index in [1.54, 1.807) is 0 Å². The van der Waals surface area contributed by atoms with Crippen molar-refractivity contribution in [3.05, 3.63) is 0 Å². The number of likely N-dealkylation sites (tertiary alicyclic amines) is 1. The molecule has 0 aliphatic carbocycles. The van der Waals surface area contributed by atoms with E-state index < -0.39 is 0 Å². The van der Waals surface area contributed by atoms with Crippen molar-refractivity contribution in [3.8, 4) is 0 Å². The topological polar surface area (TPSA) is 24.5 Å². The predicted molar refractivity (Wildman–Crippen MR) is 71.2 cm³/mol. The minimum absolute atomic E-state index is 0.503. The van der Waals surface area contributed by atoms with Crippen LogP contribution in [-0.4, -0.2) is 50.8 Å². The summed E-state index contributed by atoms with van der Waals surface area (Å²) in [4.78, 5) is 2.64. The minimum atomic E-state index is 0.503. The van der Waals surface area contributed by atoms with Crippen LogP contribution in [0.2, 0.25) is 0 Å². The van der Waals surface area contributed by atoms with Crippen molar-refractivity contribution in [2.45, 2.75) is 39.2 Å². The molecule has 2 unspecified atom stereocenters. The van der Waals surface area contributed by atoms with Gasteiger partial charge in [-0.2, -0.15) is 0 Å². The van der Waals surface area contributed by atoms with Crippen LogP contribution in [0.15, 0.2) is 0 Å². The zero-order valence-corrected chi connectivity index (χ0v) is 11.7. The maximum absolute atomic E-state index is 5.51. The Bertz CT molecular complexity index is 236. The minimum Gasteiger partial charge on any atom is -0.381 e. The molecule has 0 radical (unpaired) electrons. The molecule has 2 saturated heterocycles. The fourth-order valence-corrected chi connectivity index (χ4v) is 3.32. The molecule has 2 heterocycles. The number of hydrogen-bond donors (Lipinski definition) is 1. The van der Waals surface area contributed by atoms with Gasteiger partial charge < -0.3 is 15.0 Å². The van der Waals surface area contributed by atoms with Gasteiger partial charge in [0.25, 0.3) is 0 Å². The lowest BCUT2D eigenvalue weighted by atomic mass is 9.83. The van der Waals surface area contributed by atoms with Gasteiger partial charge in [0.05, 0.1) is 6.61 Å². The van der Waals surface area contributed by atoms with E-state index in [4.69, 9.17) is 4.74 Å². The lowest BCUT2D eigenvalue weighted by Gasteiger charge is -2.40. The number of piperidine rings is 1. The maximum atomic E-state index is 5.51. The summed E-state index contributed by atoms with van der Waals surface area (Å²) in [5, 5.41) is 3.50. The molecule has 0 aromatic carbocycles. The first kappa shape index (κ1) is 13.3. The van der Waals surface area contributed by atoms with E-state index in [0.29, 0.717) is 17.4 Å². The van der Waals surface area contributed by atoms with Gasteiger partial charge in [0.2, 0.25) is 0 Å². The summed E-state index contributed by atoms with van der Waals surface area (Å²) in [5.41, 5.74) is 0.503. The SMILES string of the molecule is CNC(CN1CCCC(C)(C)C1)C1CCOC1. The van der Waals surface area contributed by atoms with Gasteiger partial charge in [-0.05, 0) is 38.3 Å². The Hall–Kier alpha value is -0.120. The molecule has 0 amide bonds. The Balaban J connectivity index is 1.85. The van der Waals surface area contributed by atoms with Crippen LogP contribution in [0, 0.1) is 11.3 Å². The zero-order chi connectivity index (χ0) is 12.3. The van der Waals surface area contributed by atoms with Crippen LogP contribution in [0.5, 0.6) is 0 Å². The number of likely N-dealkylation sites (N-methyl/N-ethyl adjacent to an activating group) is 1. The van der Waals surface area contributed by atoms with Crippen molar-refractivity contribution in [3.63, 3.8) is 0 Å². The van der Waals surface area contributed by atoms with E-state index in [2.05, 4.69) is 31.1 Å². The number of rotatable bonds is 4. The second-order valence-electron chi connectivity index (χ2n) is 6.52. The van der Waals surface area contributed by atoms with E-state index >= 15 is 0 Å². The van der Waals surface area contributed by atoms with Gasteiger partial charge in [0.1, 0.15) is 0 Å². The monoisotopic (exact) mass is 240 g/mol. The van der Waals surface area contributed by atoms with Crippen molar-refractivity contribution in [1.29, 1.82) is 0 Å². The van der Waals surface area contributed by atoms with Crippen LogP contribution in [0.4, 0.5) is 0 Å². The summed E-state index contributed by atoms with van der Waals surface area (Å²) in [6.07, 6.45) is 3.95. The normalized spacial score (nSPS) is 31.6. The molecule has 17 heavy (non-hydrogen) atoms. The summed E-state index contributed by atoms with van der Waals surface area (Å²) in [6, 6.07) is 0.603. The van der Waals surface area contributed by atoms with Gasteiger partial charge in [-0.1, -0.05) is 13.8 Å². The Labute approximate surface area is 106 Å². The third-order valence-corrected chi connectivity index (χ3v) is 4.34. The van der Waals surface area contributed by atoms with Crippen LogP contribution in [0.1, 0.15) is 33.1 Å². The molecule has 0 aromatic heterocycles. The largest absolute Gasteiger partial charge is 0.381 e. The molecule has 1 N–H and O–H groups in total. The van der Waals surface area contributed by atoms with Gasteiger partial charge in [-0.15, -0.1) is 0 Å². The van der Waals surface area contributed by atoms with E-state index in [0.717, 1.165) is 13.2 Å². The molecule has 3 nitrogen and oxygen atoms in total. The Kier molecular flexibility index (Phi) is 4.45. The average Bonchev–Trinajstić information content (AvgIpc) is 2.78. The molecule has 0 spiro atoms. The van der Waals surface area contributed by atoms with Crippen LogP contribution in [-0.2, 0) is 4.74 Å². The first-order valence-corrected chi connectivity index (χ1v) is 7.08. The van der Waals surface area contributed by atoms with E-state index in [1.807, 2.05) is 0 Å². The Morgan fingerprint density at radius 1 is 1.47 bits per heavy atom. The molecule has 0 aromatic rings. The van der Waals surface area contributed by atoms with E-state index in [9.17, 15) is 0 Å². The lowest BCUT2D eigenvalue weighted by molar-refractivity contribution is 0.0960. The molecule has 2 aliphatic heterocycles. The summed E-state index contributed by atoms with van der Waals surface area (Å²) in [7, 11) is 2.10. The van der Waals surface area contributed by atoms with Crippen LogP contribution < -0.4 is 5.32 Å². The summed E-state index contributed by atoms with van der Waals surface area (Å²) >= 11 is 0. The molecule has 2 aliphatic rings. The van der Waals surface area contributed by atoms with Crippen LogP contribution in [0.25, 0.3) is 0 Å². The molecular weight excluding hydrogens is 212 g/mol. The number of hydrogen-bond acceptors (Lipinski definition) is 3. The highest BCUT2D eigenvalue weighted by atomic mass is 16.5. The first-order chi connectivity index (χ1) is 8.11. The van der Waals surface area contributed by atoms with Gasteiger partial charge in [-0.25, -0.2) is 0 Å². The highest BCUT2D eigenvalue weighted by molar-refractivity contribution is 4.85. The zero-order valence-electron chi connectivity index (χ0n) is 11.7. The van der Waals surface area contributed by atoms with Crippen molar-refractivity contribution in [1.82, 2.24) is 10.2 Å². The second kappa shape index (κ2) is 5.68. The van der Waals surface area contributed by atoms with Gasteiger partial charge in [0.15, 0.2) is 0 Å². The average molecular weight is 240 g/mol. The van der Waals surface area contributed by atoms with E-state index in [1.165, 1.54) is 38.9 Å². The fourth-order valence-electron chi connectivity index (χ4n) is 3.32. The highest BCUT2D eigenvalue weighted by Gasteiger charge is 2.30. The molecule has 0 bridgehead atoms. The number of nitrogens with zero attached hydrogens (tertiary/aromatic N) is 1. The first-order valence-electron chi connectivity index (χ1n) is 7.08. The summed E-state index contributed by atoms with van der Waals surface area (Å²) in [6.45, 7) is 10.4. The third-order valence-electron chi connectivity index (χ3n) is 4.34. The molecule has 2 rings (SSSR count). The standard InChI is InChI=1S/C14H28N2O/c1-14(2)6-4-7-16(11-14)9-13(15-3)12-5-8-17-10-12/h12-13,15H,4-11H2,1-3H3. The Morgan fingerprint density at radius 3 is 2.88 bits per heavy atom. The number of nitrogens with one attached hydrogen (secondary N) is 1. The highest BCUT2D eigenvalue weighted by Crippen LogP contribution is 2.29. The third kappa shape index (κ3) is 3.67. The molecule has 2 fully saturated rings. The molecule has 100 valence electrons.